The summed E-state index contributed by atoms with van der Waals surface area (Å²) in [6, 6.07) is 5.92. The lowest BCUT2D eigenvalue weighted by Gasteiger charge is -2.40. The number of para-hydroxylation sites is 2. The smallest absolute Gasteiger partial charge is 0.265 e. The first-order chi connectivity index (χ1) is 19.5. The molecule has 1 saturated heterocycles. The first-order valence-electron chi connectivity index (χ1n) is 14.3. The minimum Gasteiger partial charge on any atom is -0.478 e. The number of alkyl halides is 2. The Morgan fingerprint density at radius 1 is 1.17 bits per heavy atom. The number of nitrogens with zero attached hydrogens (tertiary/aromatic N) is 2. The van der Waals surface area contributed by atoms with Crippen LogP contribution in [0.5, 0.6) is 5.75 Å². The summed E-state index contributed by atoms with van der Waals surface area (Å²) >= 11 is 0. The number of hydrogen-bond acceptors (Lipinski definition) is 6. The molecule has 10 nitrogen and oxygen atoms in total. The summed E-state index contributed by atoms with van der Waals surface area (Å²) in [5.74, 6) is -5.43. The van der Waals surface area contributed by atoms with Crippen molar-refractivity contribution in [3.05, 3.63) is 24.3 Å². The van der Waals surface area contributed by atoms with Crippen LogP contribution in [-0.2, 0) is 19.2 Å². The van der Waals surface area contributed by atoms with Crippen LogP contribution >= 0.6 is 0 Å². The van der Waals surface area contributed by atoms with Gasteiger partial charge in [0, 0.05) is 31.7 Å². The number of ether oxygens (including phenoxy) is 1. The number of likely N-dealkylation sites (tertiary alicyclic amines) is 1. The van der Waals surface area contributed by atoms with Gasteiger partial charge < -0.3 is 25.6 Å². The van der Waals surface area contributed by atoms with E-state index in [1.54, 1.807) is 45.0 Å². The number of nitriles is 1. The third kappa shape index (κ3) is 5.41. The molecule has 0 bridgehead atoms. The summed E-state index contributed by atoms with van der Waals surface area (Å²) in [6.45, 7) is 9.62. The molecule has 3 N–H and O–H groups in total. The van der Waals surface area contributed by atoms with Crippen LogP contribution in [0.15, 0.2) is 24.3 Å². The van der Waals surface area contributed by atoms with Crippen LogP contribution in [0.1, 0.15) is 53.9 Å². The van der Waals surface area contributed by atoms with Crippen LogP contribution in [0.2, 0.25) is 0 Å². The highest BCUT2D eigenvalue weighted by Gasteiger charge is 2.70. The Morgan fingerprint density at radius 3 is 2.45 bits per heavy atom. The predicted molar refractivity (Wildman–Crippen MR) is 147 cm³/mol. The predicted octanol–water partition coefficient (Wildman–Crippen LogP) is 2.84. The molecule has 2 aliphatic carbocycles. The molecule has 6 atom stereocenters. The van der Waals surface area contributed by atoms with Gasteiger partial charge in [-0.2, -0.15) is 5.26 Å². The second-order valence-electron chi connectivity index (χ2n) is 13.7. The summed E-state index contributed by atoms with van der Waals surface area (Å²) in [5.41, 5.74) is -0.459. The highest BCUT2D eigenvalue weighted by molar-refractivity contribution is 5.98. The van der Waals surface area contributed by atoms with Gasteiger partial charge in [-0.1, -0.05) is 46.8 Å². The minimum atomic E-state index is -2.88. The van der Waals surface area contributed by atoms with E-state index in [9.17, 15) is 33.2 Å². The standard InChI is InChI=1S/C30H37F2N5O5/c1-28(2,3)23(36-24(38)15-11-30(31,32)12-15)27(41)37-14-17-21(29(17,4)5)22(37)26(40)34-16(13-33)10-20-25(39)35-18-8-6-7-9-19(18)42-20/h6-9,15-17,20-23H,10-12,14H2,1-5H3,(H,34,40)(H,35,39)(H,36,38)/t16?,17-,20?,21-,22-,23+/m0/s1. The molecule has 5 rings (SSSR count). The van der Waals surface area contributed by atoms with Crippen LogP contribution < -0.4 is 20.7 Å². The summed E-state index contributed by atoms with van der Waals surface area (Å²) in [7, 11) is 0. The maximum absolute atomic E-state index is 14.0. The summed E-state index contributed by atoms with van der Waals surface area (Å²) in [6.07, 6.45) is -2.22. The zero-order valence-electron chi connectivity index (χ0n) is 24.4. The first kappa shape index (κ1) is 29.7. The van der Waals surface area contributed by atoms with Crippen molar-refractivity contribution < 1.29 is 32.7 Å². The molecule has 4 amide bonds. The molecule has 3 fully saturated rings. The van der Waals surface area contributed by atoms with E-state index in [-0.39, 0.29) is 23.7 Å². The number of rotatable bonds is 7. The lowest BCUT2D eigenvalue weighted by Crippen LogP contribution is -2.61. The minimum absolute atomic E-state index is 0.0448. The van der Waals surface area contributed by atoms with Crippen LogP contribution in [0, 0.1) is 39.9 Å². The third-order valence-electron chi connectivity index (χ3n) is 9.25. The fourth-order valence-corrected chi connectivity index (χ4v) is 6.60. The topological polar surface area (TPSA) is 141 Å². The van der Waals surface area contributed by atoms with Gasteiger partial charge in [0.15, 0.2) is 6.10 Å². The van der Waals surface area contributed by atoms with E-state index < -0.39 is 78.0 Å². The first-order valence-corrected chi connectivity index (χ1v) is 14.3. The zero-order chi connectivity index (χ0) is 30.8. The second-order valence-corrected chi connectivity index (χ2v) is 13.7. The molecule has 1 aromatic carbocycles. The molecule has 226 valence electrons. The normalized spacial score (nSPS) is 28.4. The Morgan fingerprint density at radius 2 is 1.83 bits per heavy atom. The van der Waals surface area contributed by atoms with Gasteiger partial charge in [0.05, 0.1) is 11.8 Å². The molecule has 2 aliphatic heterocycles. The molecule has 1 aromatic rings. The lowest BCUT2D eigenvalue weighted by atomic mass is 9.79. The van der Waals surface area contributed by atoms with Gasteiger partial charge >= 0.3 is 0 Å². The summed E-state index contributed by atoms with van der Waals surface area (Å²) in [4.78, 5) is 54.5. The Labute approximate surface area is 243 Å². The van der Waals surface area contributed by atoms with Gasteiger partial charge in [-0.3, -0.25) is 19.2 Å². The SMILES string of the molecule is CC(C)(C)[C@H](NC(=O)C1CC(F)(F)C1)C(=O)N1C[C@H]2[C@@H]([C@H]1C(=O)NC(C#N)CC1Oc3ccccc3NC1=O)C2(C)C. The number of hydrogen-bond donors (Lipinski definition) is 3. The van der Waals surface area contributed by atoms with Gasteiger partial charge in [0.2, 0.25) is 23.6 Å². The van der Waals surface area contributed by atoms with Crippen molar-refractivity contribution >= 4 is 29.3 Å². The van der Waals surface area contributed by atoms with Crippen LogP contribution in [0.3, 0.4) is 0 Å². The molecule has 0 radical (unpaired) electrons. The Hall–Kier alpha value is -3.75. The molecule has 42 heavy (non-hydrogen) atoms. The highest BCUT2D eigenvalue weighted by Crippen LogP contribution is 2.65. The lowest BCUT2D eigenvalue weighted by molar-refractivity contribution is -0.155. The molecule has 2 unspecified atom stereocenters. The van der Waals surface area contributed by atoms with E-state index in [1.807, 2.05) is 19.9 Å². The number of fused-ring (bicyclic) bond motifs is 2. The largest absolute Gasteiger partial charge is 0.478 e. The number of carbonyl (C=O) groups is 4. The van der Waals surface area contributed by atoms with Crippen molar-refractivity contribution in [3.8, 4) is 11.8 Å². The van der Waals surface area contributed by atoms with Crippen molar-refractivity contribution in [1.29, 1.82) is 5.26 Å². The molecule has 2 heterocycles. The van der Waals surface area contributed by atoms with Crippen molar-refractivity contribution in [3.63, 3.8) is 0 Å². The fourth-order valence-electron chi connectivity index (χ4n) is 6.60. The van der Waals surface area contributed by atoms with Gasteiger partial charge in [-0.05, 0) is 34.8 Å². The summed E-state index contributed by atoms with van der Waals surface area (Å²) < 4.78 is 32.6. The van der Waals surface area contributed by atoms with E-state index >= 15 is 0 Å². The molecular formula is C30H37F2N5O5. The van der Waals surface area contributed by atoms with Crippen molar-refractivity contribution in [1.82, 2.24) is 15.5 Å². The molecular weight excluding hydrogens is 548 g/mol. The van der Waals surface area contributed by atoms with E-state index in [4.69, 9.17) is 4.74 Å². The van der Waals surface area contributed by atoms with E-state index in [0.29, 0.717) is 18.0 Å². The van der Waals surface area contributed by atoms with Gasteiger partial charge in [-0.25, -0.2) is 8.78 Å². The third-order valence-corrected chi connectivity index (χ3v) is 9.25. The van der Waals surface area contributed by atoms with Gasteiger partial charge in [-0.15, -0.1) is 0 Å². The monoisotopic (exact) mass is 585 g/mol. The fraction of sp³-hybridized carbons (Fsp3) is 0.633. The average molecular weight is 586 g/mol. The number of halogens is 2. The molecule has 4 aliphatic rings. The average Bonchev–Trinajstić information content (AvgIpc) is 3.21. The van der Waals surface area contributed by atoms with Gasteiger partial charge in [0.25, 0.3) is 5.91 Å². The number of nitrogens with one attached hydrogen (secondary N) is 3. The molecule has 12 heteroatoms. The summed E-state index contributed by atoms with van der Waals surface area (Å²) in [5, 5.41) is 18.0. The van der Waals surface area contributed by atoms with Crippen molar-refractivity contribution in [2.45, 2.75) is 84.0 Å². The maximum Gasteiger partial charge on any atom is 0.265 e. The zero-order valence-corrected chi connectivity index (χ0v) is 24.4. The quantitative estimate of drug-likeness (QED) is 0.450. The number of benzene rings is 1. The second kappa shape index (κ2) is 10.2. The van der Waals surface area contributed by atoms with Gasteiger partial charge in [0.1, 0.15) is 23.9 Å². The molecule has 0 aromatic heterocycles. The molecule has 0 spiro atoms. The van der Waals surface area contributed by atoms with Crippen molar-refractivity contribution in [2.75, 3.05) is 11.9 Å². The number of amides is 4. The molecule has 2 saturated carbocycles. The maximum atomic E-state index is 14.0. The highest BCUT2D eigenvalue weighted by atomic mass is 19.3. The Bertz CT molecular complexity index is 1340. The van der Waals surface area contributed by atoms with Crippen LogP contribution in [-0.4, -0.2) is 65.2 Å². The van der Waals surface area contributed by atoms with Crippen LogP contribution in [0.25, 0.3) is 0 Å². The number of piperidine rings is 1. The van der Waals surface area contributed by atoms with E-state index in [0.717, 1.165) is 0 Å². The van der Waals surface area contributed by atoms with Crippen LogP contribution in [0.4, 0.5) is 14.5 Å². The Balaban J connectivity index is 1.30. The Kier molecular flexibility index (Phi) is 7.23. The van der Waals surface area contributed by atoms with E-state index in [2.05, 4.69) is 16.0 Å². The number of anilines is 1. The van der Waals surface area contributed by atoms with Crippen molar-refractivity contribution in [2.24, 2.45) is 28.6 Å². The number of carbonyl (C=O) groups excluding carboxylic acids is 4. The van der Waals surface area contributed by atoms with E-state index in [1.165, 1.54) is 4.90 Å².